The van der Waals surface area contributed by atoms with Gasteiger partial charge in [-0.15, -0.1) is 0 Å². The minimum absolute atomic E-state index is 0.0161. The lowest BCUT2D eigenvalue weighted by atomic mass is 10.2. The Bertz CT molecular complexity index is 1100. The molecule has 154 valence electrons. The van der Waals surface area contributed by atoms with Gasteiger partial charge >= 0.3 is 0 Å². The molecule has 0 bridgehead atoms. The van der Waals surface area contributed by atoms with Crippen molar-refractivity contribution in [2.45, 2.75) is 33.4 Å². The maximum Gasteiger partial charge on any atom is 0.280 e. The third kappa shape index (κ3) is 3.68. The van der Waals surface area contributed by atoms with Crippen LogP contribution in [0, 0.1) is 5.92 Å². The summed E-state index contributed by atoms with van der Waals surface area (Å²) in [6, 6.07) is 11.1. The number of para-hydroxylation sites is 2. The number of aromatic nitrogens is 3. The summed E-state index contributed by atoms with van der Waals surface area (Å²) >= 11 is 0. The van der Waals surface area contributed by atoms with Crippen LogP contribution in [0.4, 0.5) is 0 Å². The molecule has 0 spiro atoms. The summed E-state index contributed by atoms with van der Waals surface area (Å²) in [5.41, 5.74) is 2.35. The van der Waals surface area contributed by atoms with Crippen LogP contribution >= 0.6 is 0 Å². The molecule has 0 atom stereocenters. The summed E-state index contributed by atoms with van der Waals surface area (Å²) in [6.45, 7) is 5.36. The second-order valence-electron chi connectivity index (χ2n) is 7.71. The van der Waals surface area contributed by atoms with Crippen molar-refractivity contribution in [3.05, 3.63) is 59.7 Å². The van der Waals surface area contributed by atoms with E-state index in [0.29, 0.717) is 5.92 Å². The van der Waals surface area contributed by atoms with E-state index in [1.165, 1.54) is 6.20 Å². The zero-order chi connectivity index (χ0) is 21.3. The lowest BCUT2D eigenvalue weighted by Crippen LogP contribution is -2.34. The van der Waals surface area contributed by atoms with Crippen LogP contribution in [0.25, 0.3) is 11.0 Å². The quantitative estimate of drug-likeness (QED) is 0.609. The zero-order valence-corrected chi connectivity index (χ0v) is 17.0. The Morgan fingerprint density at radius 1 is 1.10 bits per heavy atom. The number of hydrogen-bond donors (Lipinski definition) is 1. The number of rotatable bonds is 7. The van der Waals surface area contributed by atoms with Gasteiger partial charge in [0.1, 0.15) is 11.5 Å². The van der Waals surface area contributed by atoms with Crippen LogP contribution in [0.5, 0.6) is 0 Å². The number of benzene rings is 1. The van der Waals surface area contributed by atoms with E-state index in [1.807, 2.05) is 24.3 Å². The molecule has 3 heterocycles. The number of nitrogens with one attached hydrogen (secondary N) is 1. The van der Waals surface area contributed by atoms with Crippen LogP contribution in [0.1, 0.15) is 46.9 Å². The zero-order valence-electron chi connectivity index (χ0n) is 17.0. The molecule has 8 heteroatoms. The summed E-state index contributed by atoms with van der Waals surface area (Å²) in [5.74, 6) is 0.0992. The standard InChI is InChI=1S/C22H23N5O3/c1-14(2)13-27-17-8-4-3-7-16(17)25-18(27)12-24-19(28)9-11-26-21(29)15-6-5-10-23-20(15)22(26)30/h3-8,10,14H,9,11-13H2,1-2H3,(H,24,28). The molecule has 0 saturated heterocycles. The van der Waals surface area contributed by atoms with Crippen molar-refractivity contribution in [1.29, 1.82) is 0 Å². The first-order valence-corrected chi connectivity index (χ1v) is 9.97. The molecule has 0 radical (unpaired) electrons. The third-order valence-electron chi connectivity index (χ3n) is 5.02. The average Bonchev–Trinajstić information content (AvgIpc) is 3.20. The van der Waals surface area contributed by atoms with Crippen LogP contribution in [-0.2, 0) is 17.9 Å². The molecule has 0 fully saturated rings. The molecule has 1 N–H and O–H groups in total. The fourth-order valence-corrected chi connectivity index (χ4v) is 3.63. The second-order valence-corrected chi connectivity index (χ2v) is 7.71. The molecule has 0 aliphatic carbocycles. The van der Waals surface area contributed by atoms with Crippen molar-refractivity contribution in [3.8, 4) is 0 Å². The number of nitrogens with zero attached hydrogens (tertiary/aromatic N) is 4. The number of carbonyl (C=O) groups excluding carboxylic acids is 3. The van der Waals surface area contributed by atoms with Gasteiger partial charge in [-0.3, -0.25) is 24.3 Å². The summed E-state index contributed by atoms with van der Waals surface area (Å²) in [4.78, 5) is 46.8. The highest BCUT2D eigenvalue weighted by Gasteiger charge is 2.36. The largest absolute Gasteiger partial charge is 0.349 e. The van der Waals surface area contributed by atoms with Crippen LogP contribution in [0.3, 0.4) is 0 Å². The van der Waals surface area contributed by atoms with Crippen LogP contribution in [0.15, 0.2) is 42.6 Å². The van der Waals surface area contributed by atoms with Gasteiger partial charge in [0.2, 0.25) is 5.91 Å². The molecule has 0 unspecified atom stereocenters. The Hall–Kier alpha value is -3.55. The van der Waals surface area contributed by atoms with E-state index in [4.69, 9.17) is 0 Å². The van der Waals surface area contributed by atoms with Crippen LogP contribution < -0.4 is 5.32 Å². The molecule has 8 nitrogen and oxygen atoms in total. The minimum atomic E-state index is -0.456. The maximum atomic E-state index is 12.4. The number of hydrogen-bond acceptors (Lipinski definition) is 5. The van der Waals surface area contributed by atoms with Crippen molar-refractivity contribution in [3.63, 3.8) is 0 Å². The molecule has 4 rings (SSSR count). The molecular formula is C22H23N5O3. The molecule has 1 aromatic carbocycles. The Kier molecular flexibility index (Phi) is 5.31. The van der Waals surface area contributed by atoms with E-state index in [9.17, 15) is 14.4 Å². The highest BCUT2D eigenvalue weighted by molar-refractivity contribution is 6.20. The van der Waals surface area contributed by atoms with Gasteiger partial charge < -0.3 is 9.88 Å². The van der Waals surface area contributed by atoms with Crippen LogP contribution in [0.2, 0.25) is 0 Å². The molecule has 2 aromatic heterocycles. The number of carbonyl (C=O) groups is 3. The highest BCUT2D eigenvalue weighted by Crippen LogP contribution is 2.21. The summed E-state index contributed by atoms with van der Waals surface area (Å²) in [6.07, 6.45) is 1.50. The van der Waals surface area contributed by atoms with Crippen molar-refractivity contribution < 1.29 is 14.4 Å². The molecule has 0 saturated carbocycles. The number of pyridine rings is 1. The van der Waals surface area contributed by atoms with E-state index in [1.54, 1.807) is 12.1 Å². The Morgan fingerprint density at radius 2 is 1.90 bits per heavy atom. The average molecular weight is 405 g/mol. The van der Waals surface area contributed by atoms with E-state index < -0.39 is 11.8 Å². The number of imide groups is 1. The van der Waals surface area contributed by atoms with E-state index >= 15 is 0 Å². The van der Waals surface area contributed by atoms with Gasteiger partial charge in [0, 0.05) is 25.7 Å². The monoisotopic (exact) mass is 405 g/mol. The Morgan fingerprint density at radius 3 is 2.67 bits per heavy atom. The molecular weight excluding hydrogens is 382 g/mol. The minimum Gasteiger partial charge on any atom is -0.349 e. The van der Waals surface area contributed by atoms with Gasteiger partial charge in [-0.1, -0.05) is 26.0 Å². The fourth-order valence-electron chi connectivity index (χ4n) is 3.63. The number of imidazole rings is 1. The third-order valence-corrected chi connectivity index (χ3v) is 5.02. The molecule has 3 aromatic rings. The first kappa shape index (κ1) is 19.8. The first-order chi connectivity index (χ1) is 14.5. The van der Waals surface area contributed by atoms with Crippen molar-refractivity contribution in [2.75, 3.05) is 6.54 Å². The predicted octanol–water partition coefficient (Wildman–Crippen LogP) is 2.39. The van der Waals surface area contributed by atoms with Gasteiger partial charge in [0.25, 0.3) is 11.8 Å². The van der Waals surface area contributed by atoms with Gasteiger partial charge in [-0.2, -0.15) is 0 Å². The van der Waals surface area contributed by atoms with Gasteiger partial charge in [-0.05, 0) is 30.2 Å². The predicted molar refractivity (Wildman–Crippen MR) is 111 cm³/mol. The normalized spacial score (nSPS) is 13.4. The van der Waals surface area contributed by atoms with Crippen molar-refractivity contribution >= 4 is 28.8 Å². The SMILES string of the molecule is CC(C)Cn1c(CNC(=O)CCN2C(=O)c3cccnc3C2=O)nc2ccccc21. The second kappa shape index (κ2) is 8.06. The number of fused-ring (bicyclic) bond motifs is 2. The maximum absolute atomic E-state index is 12.4. The van der Waals surface area contributed by atoms with Crippen LogP contribution in [-0.4, -0.2) is 43.7 Å². The molecule has 1 aliphatic heterocycles. The van der Waals surface area contributed by atoms with Gasteiger partial charge in [0.15, 0.2) is 0 Å². The summed E-state index contributed by atoms with van der Waals surface area (Å²) < 4.78 is 2.12. The fraction of sp³-hybridized carbons (Fsp3) is 0.318. The molecule has 30 heavy (non-hydrogen) atoms. The van der Waals surface area contributed by atoms with E-state index in [-0.39, 0.29) is 36.7 Å². The van der Waals surface area contributed by atoms with Gasteiger partial charge in [0.05, 0.1) is 23.1 Å². The van der Waals surface area contributed by atoms with Crippen molar-refractivity contribution in [1.82, 2.24) is 24.8 Å². The Balaban J connectivity index is 1.39. The van der Waals surface area contributed by atoms with E-state index in [2.05, 4.69) is 33.7 Å². The highest BCUT2D eigenvalue weighted by atomic mass is 16.2. The van der Waals surface area contributed by atoms with E-state index in [0.717, 1.165) is 28.3 Å². The first-order valence-electron chi connectivity index (χ1n) is 9.97. The Labute approximate surface area is 173 Å². The lowest BCUT2D eigenvalue weighted by Gasteiger charge is -2.14. The smallest absolute Gasteiger partial charge is 0.280 e. The summed E-state index contributed by atoms with van der Waals surface area (Å²) in [7, 11) is 0. The van der Waals surface area contributed by atoms with Crippen molar-refractivity contribution in [2.24, 2.45) is 5.92 Å². The summed E-state index contributed by atoms with van der Waals surface area (Å²) in [5, 5.41) is 2.86. The topological polar surface area (TPSA) is 97.2 Å². The number of amides is 3. The molecule has 3 amide bonds. The lowest BCUT2D eigenvalue weighted by molar-refractivity contribution is -0.121. The van der Waals surface area contributed by atoms with Gasteiger partial charge in [-0.25, -0.2) is 4.98 Å². The molecule has 1 aliphatic rings.